The Hall–Kier alpha value is -2.71. The predicted molar refractivity (Wildman–Crippen MR) is 147 cm³/mol. The van der Waals surface area contributed by atoms with Crippen molar-refractivity contribution in [2.75, 3.05) is 26.2 Å². The van der Waals surface area contributed by atoms with Gasteiger partial charge in [-0.05, 0) is 63.9 Å². The molecule has 0 spiro atoms. The highest BCUT2D eigenvalue weighted by atomic mass is 35.5. The molecular weight excluding hydrogens is 496 g/mol. The van der Waals surface area contributed by atoms with Crippen molar-refractivity contribution in [1.29, 1.82) is 0 Å². The Morgan fingerprint density at radius 3 is 2.49 bits per heavy atom. The summed E-state index contributed by atoms with van der Waals surface area (Å²) in [6.45, 7) is 18.1. The molecule has 6 nitrogen and oxygen atoms in total. The quantitative estimate of drug-likeness (QED) is 0.277. The molecule has 1 saturated heterocycles. The molecule has 1 fully saturated rings. The summed E-state index contributed by atoms with van der Waals surface area (Å²) in [5.41, 5.74) is 3.18. The second-order valence-corrected chi connectivity index (χ2v) is 9.18. The zero-order valence-corrected chi connectivity index (χ0v) is 23.4. The van der Waals surface area contributed by atoms with Crippen LogP contribution in [0.15, 0.2) is 46.3 Å². The summed E-state index contributed by atoms with van der Waals surface area (Å²) in [5, 5.41) is 10.3. The molecule has 0 atom stereocenters. The normalized spacial score (nSPS) is 15.6. The zero-order chi connectivity index (χ0) is 27.4. The molecule has 1 aliphatic heterocycles. The number of hydrogen-bond donors (Lipinski definition) is 2. The Kier molecular flexibility index (Phi) is 12.8. The van der Waals surface area contributed by atoms with Crippen LogP contribution in [-0.4, -0.2) is 41.2 Å². The second-order valence-electron chi connectivity index (χ2n) is 8.80. The number of hydrogen-bond acceptors (Lipinski definition) is 6. The predicted octanol–water partition coefficient (Wildman–Crippen LogP) is 6.65. The lowest BCUT2D eigenvalue weighted by atomic mass is 10.0. The Morgan fingerprint density at radius 2 is 1.89 bits per heavy atom. The van der Waals surface area contributed by atoms with E-state index in [0.29, 0.717) is 30.4 Å². The molecule has 0 aliphatic carbocycles. The van der Waals surface area contributed by atoms with E-state index in [1.54, 1.807) is 0 Å². The van der Waals surface area contributed by atoms with E-state index in [0.717, 1.165) is 41.9 Å². The summed E-state index contributed by atoms with van der Waals surface area (Å²) < 4.78 is 33.9. The molecule has 2 heterocycles. The van der Waals surface area contributed by atoms with Crippen LogP contribution >= 0.6 is 11.6 Å². The topological polar surface area (TPSA) is 66.2 Å². The standard InChI is InChI=1S/C22H25ClF2N4O.C6H15N/c1-5-15(22-27-19(6-2)28-30-22)13(3)21-14(4)26-10-7-11-29(21)12-16-17(24)8-9-18(25)20(16)23;1-3-5-7-6-4-2/h5,8-9,26H,4,6-7,10-12H2,1-3H3;7H,3-6H2,1-2H3/b15-5+,21-13+;. The van der Waals surface area contributed by atoms with Gasteiger partial charge in [-0.3, -0.25) is 0 Å². The SMILES string of the molecule is C=C1NCCCN(Cc2c(F)ccc(F)c2Cl)/C1=C(C)/C(=C\C)c1nc(CC)no1.CCCNCCC. The van der Waals surface area contributed by atoms with Gasteiger partial charge >= 0.3 is 0 Å². The van der Waals surface area contributed by atoms with Crippen molar-refractivity contribution in [3.05, 3.63) is 75.7 Å². The molecule has 1 aliphatic rings. The van der Waals surface area contributed by atoms with E-state index < -0.39 is 11.6 Å². The Bertz CT molecular complexity index is 1090. The first-order valence-corrected chi connectivity index (χ1v) is 13.4. The van der Waals surface area contributed by atoms with Crippen LogP contribution in [0.5, 0.6) is 0 Å². The monoisotopic (exact) mass is 535 g/mol. The fraction of sp³-hybridized carbons (Fsp3) is 0.500. The lowest BCUT2D eigenvalue weighted by Gasteiger charge is -2.29. The first kappa shape index (κ1) is 30.5. The van der Waals surface area contributed by atoms with Crippen molar-refractivity contribution in [3.8, 4) is 0 Å². The van der Waals surface area contributed by atoms with Gasteiger partial charge in [0, 0.05) is 37.2 Å². The molecule has 37 heavy (non-hydrogen) atoms. The largest absolute Gasteiger partial charge is 0.384 e. The lowest BCUT2D eigenvalue weighted by molar-refractivity contribution is 0.340. The molecule has 0 saturated carbocycles. The molecule has 0 bridgehead atoms. The molecule has 0 radical (unpaired) electrons. The van der Waals surface area contributed by atoms with E-state index in [1.165, 1.54) is 25.9 Å². The number of rotatable bonds is 9. The molecular formula is C28H40ClF2N5O. The van der Waals surface area contributed by atoms with Crippen molar-refractivity contribution < 1.29 is 13.3 Å². The first-order chi connectivity index (χ1) is 17.8. The smallest absolute Gasteiger partial charge is 0.257 e. The highest BCUT2D eigenvalue weighted by molar-refractivity contribution is 6.31. The van der Waals surface area contributed by atoms with Gasteiger partial charge in [0.15, 0.2) is 5.82 Å². The highest BCUT2D eigenvalue weighted by Gasteiger charge is 2.25. The summed E-state index contributed by atoms with van der Waals surface area (Å²) in [6.07, 6.45) is 5.85. The van der Waals surface area contributed by atoms with Gasteiger partial charge in [-0.2, -0.15) is 4.98 Å². The van der Waals surface area contributed by atoms with Crippen molar-refractivity contribution >= 4 is 17.2 Å². The molecule has 9 heteroatoms. The number of nitrogens with zero attached hydrogens (tertiary/aromatic N) is 3. The summed E-state index contributed by atoms with van der Waals surface area (Å²) in [4.78, 5) is 6.39. The van der Waals surface area contributed by atoms with E-state index in [-0.39, 0.29) is 17.1 Å². The van der Waals surface area contributed by atoms with Crippen LogP contribution in [0.4, 0.5) is 8.78 Å². The van der Waals surface area contributed by atoms with Gasteiger partial charge in [0.1, 0.15) is 11.6 Å². The van der Waals surface area contributed by atoms with Crippen molar-refractivity contribution in [2.24, 2.45) is 0 Å². The fourth-order valence-electron chi connectivity index (χ4n) is 4.04. The van der Waals surface area contributed by atoms with Gasteiger partial charge in [0.25, 0.3) is 5.89 Å². The molecule has 1 aromatic carbocycles. The van der Waals surface area contributed by atoms with Crippen LogP contribution in [0, 0.1) is 11.6 Å². The molecule has 0 amide bonds. The number of allylic oxidation sites excluding steroid dienone is 3. The van der Waals surface area contributed by atoms with Crippen molar-refractivity contribution in [1.82, 2.24) is 25.7 Å². The van der Waals surface area contributed by atoms with Crippen molar-refractivity contribution in [3.63, 3.8) is 0 Å². The van der Waals surface area contributed by atoms with Gasteiger partial charge in [-0.15, -0.1) is 0 Å². The van der Waals surface area contributed by atoms with Crippen LogP contribution in [0.1, 0.15) is 71.2 Å². The molecule has 0 unspecified atom stereocenters. The maximum atomic E-state index is 14.5. The van der Waals surface area contributed by atoms with E-state index in [2.05, 4.69) is 41.2 Å². The third-order valence-electron chi connectivity index (χ3n) is 5.95. The minimum Gasteiger partial charge on any atom is -0.384 e. The van der Waals surface area contributed by atoms with E-state index in [1.807, 2.05) is 31.7 Å². The maximum Gasteiger partial charge on any atom is 0.257 e. The van der Waals surface area contributed by atoms with E-state index in [9.17, 15) is 8.78 Å². The molecule has 2 N–H and O–H groups in total. The highest BCUT2D eigenvalue weighted by Crippen LogP contribution is 2.32. The van der Waals surface area contributed by atoms with Crippen LogP contribution in [0.2, 0.25) is 5.02 Å². The lowest BCUT2D eigenvalue weighted by Crippen LogP contribution is -2.26. The van der Waals surface area contributed by atoms with Crippen LogP contribution in [-0.2, 0) is 13.0 Å². The summed E-state index contributed by atoms with van der Waals surface area (Å²) >= 11 is 6.09. The van der Waals surface area contributed by atoms with Gasteiger partial charge in [0.2, 0.25) is 0 Å². The van der Waals surface area contributed by atoms with Crippen LogP contribution < -0.4 is 10.6 Å². The minimum absolute atomic E-state index is 0.108. The van der Waals surface area contributed by atoms with Gasteiger partial charge in [0.05, 0.1) is 16.4 Å². The molecule has 204 valence electrons. The number of nitrogens with one attached hydrogen (secondary N) is 2. The molecule has 3 rings (SSSR count). The Morgan fingerprint density at radius 1 is 1.22 bits per heavy atom. The number of aromatic nitrogens is 2. The number of aryl methyl sites for hydroxylation is 1. The van der Waals surface area contributed by atoms with Gasteiger partial charge < -0.3 is 20.1 Å². The average Bonchev–Trinajstić information content (AvgIpc) is 3.28. The van der Waals surface area contributed by atoms with E-state index >= 15 is 0 Å². The van der Waals surface area contributed by atoms with E-state index in [4.69, 9.17) is 16.1 Å². The maximum absolute atomic E-state index is 14.5. The Labute approximate surface area is 224 Å². The van der Waals surface area contributed by atoms with Crippen molar-refractivity contribution in [2.45, 2.75) is 66.8 Å². The fourth-order valence-corrected chi connectivity index (χ4v) is 4.25. The summed E-state index contributed by atoms with van der Waals surface area (Å²) in [6, 6.07) is 2.13. The first-order valence-electron chi connectivity index (χ1n) is 13.0. The van der Waals surface area contributed by atoms with Crippen LogP contribution in [0.3, 0.4) is 0 Å². The van der Waals surface area contributed by atoms with Gasteiger partial charge in [-0.25, -0.2) is 8.78 Å². The third kappa shape index (κ3) is 8.40. The molecule has 2 aromatic rings. The van der Waals surface area contributed by atoms with Gasteiger partial charge in [-0.1, -0.05) is 50.2 Å². The second kappa shape index (κ2) is 15.5. The third-order valence-corrected chi connectivity index (χ3v) is 6.36. The zero-order valence-electron chi connectivity index (χ0n) is 22.7. The number of halogens is 3. The minimum atomic E-state index is -0.644. The van der Waals surface area contributed by atoms with Crippen LogP contribution in [0.25, 0.3) is 5.57 Å². The molecule has 1 aromatic heterocycles. The Balaban J connectivity index is 0.000000604. The summed E-state index contributed by atoms with van der Waals surface area (Å²) in [5.74, 6) is -0.164. The number of benzene rings is 1. The average molecular weight is 536 g/mol. The summed E-state index contributed by atoms with van der Waals surface area (Å²) in [7, 11) is 0.